The van der Waals surface area contributed by atoms with E-state index < -0.39 is 0 Å². The van der Waals surface area contributed by atoms with Gasteiger partial charge in [0.2, 0.25) is 5.91 Å². The van der Waals surface area contributed by atoms with Crippen molar-refractivity contribution in [3.05, 3.63) is 54.4 Å². The molecule has 1 aromatic carbocycles. The summed E-state index contributed by atoms with van der Waals surface area (Å²) in [4.78, 5) is 18.7. The Morgan fingerprint density at radius 2 is 2.42 bits per heavy atom. The number of benzene rings is 1. The van der Waals surface area contributed by atoms with Crippen LogP contribution < -0.4 is 0 Å². The van der Waals surface area contributed by atoms with Gasteiger partial charge in [0.05, 0.1) is 12.4 Å². The second kappa shape index (κ2) is 7.57. The minimum absolute atomic E-state index is 0.0206. The lowest BCUT2D eigenvalue weighted by molar-refractivity contribution is -0.136. The number of imidazole rings is 1. The molecule has 0 radical (unpaired) electrons. The molecule has 1 aromatic heterocycles. The van der Waals surface area contributed by atoms with Crippen LogP contribution in [0.4, 0.5) is 4.39 Å². The average Bonchev–Trinajstić information content (AvgIpc) is 3.26. The van der Waals surface area contributed by atoms with Crippen molar-refractivity contribution in [2.24, 2.45) is 0 Å². The topological polar surface area (TPSA) is 47.4 Å². The van der Waals surface area contributed by atoms with Gasteiger partial charge in [0.25, 0.3) is 0 Å². The number of carbonyl (C=O) groups excluding carboxylic acids is 1. The second-order valence-corrected chi connectivity index (χ2v) is 6.17. The lowest BCUT2D eigenvalue weighted by atomic mass is 10.1. The average molecular weight is 331 g/mol. The maximum atomic E-state index is 13.5. The summed E-state index contributed by atoms with van der Waals surface area (Å²) >= 11 is 0. The first-order valence-electron chi connectivity index (χ1n) is 8.26. The molecule has 5 nitrogen and oxygen atoms in total. The van der Waals surface area contributed by atoms with Crippen molar-refractivity contribution in [2.75, 3.05) is 13.2 Å². The van der Waals surface area contributed by atoms with Gasteiger partial charge < -0.3 is 14.2 Å². The van der Waals surface area contributed by atoms with Gasteiger partial charge in [0.15, 0.2) is 0 Å². The normalized spacial score (nSPS) is 18.5. The Bertz CT molecular complexity index is 669. The first kappa shape index (κ1) is 16.6. The summed E-state index contributed by atoms with van der Waals surface area (Å²) < 4.78 is 20.9. The predicted octanol–water partition coefficient (Wildman–Crippen LogP) is 2.79. The van der Waals surface area contributed by atoms with Crippen LogP contribution in [-0.4, -0.2) is 39.6 Å². The van der Waals surface area contributed by atoms with E-state index in [1.165, 1.54) is 12.1 Å². The molecule has 128 valence electrons. The molecule has 1 aliphatic rings. The van der Waals surface area contributed by atoms with Crippen molar-refractivity contribution < 1.29 is 13.9 Å². The number of amides is 1. The zero-order valence-corrected chi connectivity index (χ0v) is 13.8. The highest BCUT2D eigenvalue weighted by Gasteiger charge is 2.26. The van der Waals surface area contributed by atoms with Crippen LogP contribution in [0.15, 0.2) is 43.0 Å². The highest BCUT2D eigenvalue weighted by Crippen LogP contribution is 2.19. The van der Waals surface area contributed by atoms with E-state index in [4.69, 9.17) is 4.74 Å². The van der Waals surface area contributed by atoms with Crippen molar-refractivity contribution in [3.8, 4) is 0 Å². The first-order valence-corrected chi connectivity index (χ1v) is 8.26. The summed E-state index contributed by atoms with van der Waals surface area (Å²) in [6.45, 7) is 3.48. The molecule has 0 aliphatic carbocycles. The fourth-order valence-electron chi connectivity index (χ4n) is 3.01. The monoisotopic (exact) mass is 331 g/mol. The molecule has 2 heterocycles. The van der Waals surface area contributed by atoms with E-state index in [0.29, 0.717) is 13.1 Å². The minimum atomic E-state index is -0.359. The molecule has 24 heavy (non-hydrogen) atoms. The van der Waals surface area contributed by atoms with E-state index in [2.05, 4.69) is 4.98 Å². The van der Waals surface area contributed by atoms with Crippen LogP contribution >= 0.6 is 0 Å². The Morgan fingerprint density at radius 3 is 3.08 bits per heavy atom. The summed E-state index contributed by atoms with van der Waals surface area (Å²) in [5.41, 5.74) is 0.777. The van der Waals surface area contributed by atoms with Crippen LogP contribution in [0, 0.1) is 5.82 Å². The molecular formula is C18H22FN3O2. The van der Waals surface area contributed by atoms with Gasteiger partial charge in [0, 0.05) is 32.1 Å². The van der Waals surface area contributed by atoms with Gasteiger partial charge in [-0.2, -0.15) is 0 Å². The molecule has 0 bridgehead atoms. The fourth-order valence-corrected chi connectivity index (χ4v) is 3.01. The molecule has 0 spiro atoms. The fraction of sp³-hybridized carbons (Fsp3) is 0.444. The maximum absolute atomic E-state index is 13.5. The number of ether oxygens (including phenoxy) is 1. The number of rotatable bonds is 6. The number of carbonyl (C=O) groups is 1. The van der Waals surface area contributed by atoms with Crippen LogP contribution in [0.3, 0.4) is 0 Å². The van der Waals surface area contributed by atoms with E-state index >= 15 is 0 Å². The van der Waals surface area contributed by atoms with Crippen LogP contribution in [0.2, 0.25) is 0 Å². The van der Waals surface area contributed by atoms with Crippen LogP contribution in [0.5, 0.6) is 0 Å². The van der Waals surface area contributed by atoms with Gasteiger partial charge in [-0.05, 0) is 37.5 Å². The highest BCUT2D eigenvalue weighted by atomic mass is 19.1. The third-order valence-corrected chi connectivity index (χ3v) is 4.35. The lowest BCUT2D eigenvalue weighted by Crippen LogP contribution is -2.40. The number of hydrogen-bond donors (Lipinski definition) is 0. The van der Waals surface area contributed by atoms with Crippen molar-refractivity contribution in [1.82, 2.24) is 14.5 Å². The summed E-state index contributed by atoms with van der Waals surface area (Å²) in [7, 11) is 0. The Labute approximate surface area is 141 Å². The molecule has 1 saturated heterocycles. The third kappa shape index (κ3) is 4.00. The number of aromatic nitrogens is 2. The van der Waals surface area contributed by atoms with E-state index in [9.17, 15) is 9.18 Å². The first-order chi connectivity index (χ1) is 11.6. The molecule has 0 N–H and O–H groups in total. The summed E-state index contributed by atoms with van der Waals surface area (Å²) in [5, 5.41) is 0. The molecule has 2 aromatic rings. The Hall–Kier alpha value is -2.21. The van der Waals surface area contributed by atoms with Crippen LogP contribution in [0.1, 0.15) is 31.4 Å². The summed E-state index contributed by atoms with van der Waals surface area (Å²) in [5.74, 6) is -0.313. The van der Waals surface area contributed by atoms with Crippen LogP contribution in [-0.2, 0) is 16.1 Å². The van der Waals surface area contributed by atoms with Gasteiger partial charge in [-0.3, -0.25) is 4.79 Å². The Balaban J connectivity index is 1.76. The highest BCUT2D eigenvalue weighted by molar-refractivity contribution is 5.80. The lowest BCUT2D eigenvalue weighted by Gasteiger charge is -2.28. The predicted molar refractivity (Wildman–Crippen MR) is 87.7 cm³/mol. The van der Waals surface area contributed by atoms with E-state index in [0.717, 1.165) is 25.0 Å². The van der Waals surface area contributed by atoms with Gasteiger partial charge in [-0.1, -0.05) is 12.1 Å². The molecule has 2 unspecified atom stereocenters. The van der Waals surface area contributed by atoms with Gasteiger partial charge in [-0.25, -0.2) is 9.37 Å². The molecular weight excluding hydrogens is 309 g/mol. The van der Waals surface area contributed by atoms with E-state index in [-0.39, 0.29) is 23.9 Å². The smallest absolute Gasteiger partial charge is 0.245 e. The molecule has 3 rings (SSSR count). The largest absolute Gasteiger partial charge is 0.376 e. The van der Waals surface area contributed by atoms with Gasteiger partial charge in [-0.15, -0.1) is 0 Å². The number of nitrogens with zero attached hydrogens (tertiary/aromatic N) is 3. The minimum Gasteiger partial charge on any atom is -0.376 e. The third-order valence-electron chi connectivity index (χ3n) is 4.35. The van der Waals surface area contributed by atoms with E-state index in [1.54, 1.807) is 34.3 Å². The Morgan fingerprint density at radius 1 is 1.54 bits per heavy atom. The number of hydrogen-bond acceptors (Lipinski definition) is 3. The van der Waals surface area contributed by atoms with Gasteiger partial charge >= 0.3 is 0 Å². The van der Waals surface area contributed by atoms with E-state index in [1.807, 2.05) is 13.0 Å². The SMILES string of the molecule is CC(C(=O)N(Cc1cccc(F)c1)CC1CCCO1)n1ccnc1. The molecule has 6 heteroatoms. The quantitative estimate of drug-likeness (QED) is 0.818. The van der Waals surface area contributed by atoms with Crippen molar-refractivity contribution in [1.29, 1.82) is 0 Å². The maximum Gasteiger partial charge on any atom is 0.245 e. The van der Waals surface area contributed by atoms with Gasteiger partial charge in [0.1, 0.15) is 11.9 Å². The zero-order valence-electron chi connectivity index (χ0n) is 13.8. The molecule has 1 fully saturated rings. The van der Waals surface area contributed by atoms with Crippen molar-refractivity contribution in [3.63, 3.8) is 0 Å². The zero-order chi connectivity index (χ0) is 16.9. The summed E-state index contributed by atoms with van der Waals surface area (Å²) in [6, 6.07) is 6.02. The second-order valence-electron chi connectivity index (χ2n) is 6.17. The molecule has 1 amide bonds. The standard InChI is InChI=1S/C18H22FN3O2/c1-14(21-8-7-20-13-21)18(23)22(12-17-6-3-9-24-17)11-15-4-2-5-16(19)10-15/h2,4-5,7-8,10,13-14,17H,3,6,9,11-12H2,1H3. The molecule has 2 atom stereocenters. The number of halogens is 1. The van der Waals surface area contributed by atoms with Crippen molar-refractivity contribution >= 4 is 5.91 Å². The Kier molecular flexibility index (Phi) is 5.25. The van der Waals surface area contributed by atoms with Crippen LogP contribution in [0.25, 0.3) is 0 Å². The van der Waals surface area contributed by atoms with Crippen molar-refractivity contribution in [2.45, 2.75) is 38.5 Å². The molecule has 1 aliphatic heterocycles. The molecule has 0 saturated carbocycles. The summed E-state index contributed by atoms with van der Waals surface area (Å²) in [6.07, 6.45) is 7.08.